The van der Waals surface area contributed by atoms with Crippen LogP contribution in [-0.4, -0.2) is 6.04 Å². The number of aryl methyl sites for hydroxylation is 1. The van der Waals surface area contributed by atoms with Crippen LogP contribution in [0.1, 0.15) is 64.5 Å². The van der Waals surface area contributed by atoms with Crippen molar-refractivity contribution in [1.82, 2.24) is 5.32 Å². The van der Waals surface area contributed by atoms with Gasteiger partial charge in [-0.3, -0.25) is 0 Å². The Morgan fingerprint density at radius 1 is 1.05 bits per heavy atom. The lowest BCUT2D eigenvalue weighted by Crippen LogP contribution is -2.44. The summed E-state index contributed by atoms with van der Waals surface area (Å²) in [6.45, 7) is 10.5. The Morgan fingerprint density at radius 3 is 2.35 bits per heavy atom. The molecular weight excluding hydrogens is 242 g/mol. The second kappa shape index (κ2) is 6.76. The van der Waals surface area contributed by atoms with Gasteiger partial charge in [0.05, 0.1) is 0 Å². The van der Waals surface area contributed by atoms with Crippen LogP contribution in [-0.2, 0) is 13.0 Å². The Labute approximate surface area is 125 Å². The minimum absolute atomic E-state index is 0.419. The van der Waals surface area contributed by atoms with E-state index in [4.69, 9.17) is 0 Å². The molecule has 0 heterocycles. The third kappa shape index (κ3) is 3.85. The van der Waals surface area contributed by atoms with Crippen molar-refractivity contribution in [3.05, 3.63) is 35.4 Å². The molecule has 1 saturated carbocycles. The highest BCUT2D eigenvalue weighted by atomic mass is 14.9. The molecule has 1 heteroatoms. The zero-order valence-electron chi connectivity index (χ0n) is 13.7. The fourth-order valence-corrected chi connectivity index (χ4v) is 3.73. The minimum Gasteiger partial charge on any atom is -0.310 e. The maximum Gasteiger partial charge on any atom is 0.0210 e. The molecule has 1 fully saturated rings. The Hall–Kier alpha value is -0.820. The van der Waals surface area contributed by atoms with Gasteiger partial charge >= 0.3 is 0 Å². The van der Waals surface area contributed by atoms with E-state index in [1.165, 1.54) is 36.8 Å². The van der Waals surface area contributed by atoms with Crippen LogP contribution >= 0.6 is 0 Å². The number of benzene rings is 1. The second-order valence-corrected chi connectivity index (χ2v) is 7.37. The molecule has 0 aromatic heterocycles. The first-order valence-corrected chi connectivity index (χ1v) is 8.32. The van der Waals surface area contributed by atoms with E-state index in [2.05, 4.69) is 57.3 Å². The third-order valence-electron chi connectivity index (χ3n) is 4.93. The monoisotopic (exact) mass is 273 g/mol. The van der Waals surface area contributed by atoms with Crippen molar-refractivity contribution in [3.63, 3.8) is 0 Å². The van der Waals surface area contributed by atoms with Gasteiger partial charge in [0.25, 0.3) is 0 Å². The molecule has 0 spiro atoms. The molecule has 1 N–H and O–H groups in total. The van der Waals surface area contributed by atoms with Crippen LogP contribution in [0.2, 0.25) is 0 Å². The van der Waals surface area contributed by atoms with Crippen molar-refractivity contribution in [2.45, 2.75) is 72.4 Å². The molecule has 2 unspecified atom stereocenters. The van der Waals surface area contributed by atoms with Crippen molar-refractivity contribution >= 4 is 0 Å². The maximum atomic E-state index is 3.87. The van der Waals surface area contributed by atoms with Gasteiger partial charge in [0.15, 0.2) is 0 Å². The predicted molar refractivity (Wildman–Crippen MR) is 87.9 cm³/mol. The topological polar surface area (TPSA) is 12.0 Å². The maximum absolute atomic E-state index is 3.87. The van der Waals surface area contributed by atoms with Gasteiger partial charge in [0.2, 0.25) is 0 Å². The summed E-state index contributed by atoms with van der Waals surface area (Å²) >= 11 is 0. The van der Waals surface area contributed by atoms with Gasteiger partial charge in [-0.05, 0) is 41.7 Å². The normalized spacial score (nSPS) is 23.8. The quantitative estimate of drug-likeness (QED) is 0.819. The summed E-state index contributed by atoms with van der Waals surface area (Å²) in [5.41, 5.74) is 3.39. The molecule has 112 valence electrons. The molecule has 0 amide bonds. The lowest BCUT2D eigenvalue weighted by atomic mass is 9.69. The second-order valence-electron chi connectivity index (χ2n) is 7.37. The first kappa shape index (κ1) is 15.6. The fraction of sp³-hybridized carbons (Fsp3) is 0.684. The number of hydrogen-bond donors (Lipinski definition) is 1. The number of rotatable bonds is 4. The smallest absolute Gasteiger partial charge is 0.0210 e. The SMILES string of the molecule is CCc1ccccc1CNC1CCCCC1C(C)(C)C. The zero-order chi connectivity index (χ0) is 14.6. The van der Waals surface area contributed by atoms with Crippen molar-refractivity contribution in [3.8, 4) is 0 Å². The van der Waals surface area contributed by atoms with E-state index < -0.39 is 0 Å². The zero-order valence-corrected chi connectivity index (χ0v) is 13.7. The van der Waals surface area contributed by atoms with Crippen LogP contribution < -0.4 is 5.32 Å². The highest BCUT2D eigenvalue weighted by Crippen LogP contribution is 2.38. The van der Waals surface area contributed by atoms with E-state index >= 15 is 0 Å². The van der Waals surface area contributed by atoms with Gasteiger partial charge in [0, 0.05) is 12.6 Å². The van der Waals surface area contributed by atoms with Crippen LogP contribution in [0.4, 0.5) is 0 Å². The molecule has 1 nitrogen and oxygen atoms in total. The van der Waals surface area contributed by atoms with E-state index in [9.17, 15) is 0 Å². The summed E-state index contributed by atoms with van der Waals surface area (Å²) in [4.78, 5) is 0. The van der Waals surface area contributed by atoms with Gasteiger partial charge in [-0.25, -0.2) is 0 Å². The fourth-order valence-electron chi connectivity index (χ4n) is 3.73. The average molecular weight is 273 g/mol. The predicted octanol–water partition coefficient (Wildman–Crippen LogP) is 4.94. The van der Waals surface area contributed by atoms with Gasteiger partial charge in [-0.1, -0.05) is 64.8 Å². The number of nitrogens with one attached hydrogen (secondary N) is 1. The first-order valence-electron chi connectivity index (χ1n) is 8.32. The highest BCUT2D eigenvalue weighted by molar-refractivity contribution is 5.26. The standard InChI is InChI=1S/C19H31N/c1-5-15-10-6-7-11-16(15)14-20-18-13-9-8-12-17(18)19(2,3)4/h6-7,10-11,17-18,20H,5,8-9,12-14H2,1-4H3. The van der Waals surface area contributed by atoms with Gasteiger partial charge in [0.1, 0.15) is 0 Å². The van der Waals surface area contributed by atoms with Gasteiger partial charge in [-0.2, -0.15) is 0 Å². The molecule has 0 radical (unpaired) electrons. The largest absolute Gasteiger partial charge is 0.310 e. The molecule has 0 bridgehead atoms. The van der Waals surface area contributed by atoms with Crippen LogP contribution in [0, 0.1) is 11.3 Å². The van der Waals surface area contributed by atoms with E-state index in [0.717, 1.165) is 18.9 Å². The summed E-state index contributed by atoms with van der Waals surface area (Å²) in [7, 11) is 0. The van der Waals surface area contributed by atoms with Crippen molar-refractivity contribution in [2.75, 3.05) is 0 Å². The summed E-state index contributed by atoms with van der Waals surface area (Å²) in [6, 6.07) is 9.55. The Morgan fingerprint density at radius 2 is 1.70 bits per heavy atom. The third-order valence-corrected chi connectivity index (χ3v) is 4.93. The molecule has 2 atom stereocenters. The van der Waals surface area contributed by atoms with E-state index in [1.807, 2.05) is 0 Å². The van der Waals surface area contributed by atoms with Crippen LogP contribution in [0.5, 0.6) is 0 Å². The summed E-state index contributed by atoms with van der Waals surface area (Å²) in [5.74, 6) is 0.810. The Kier molecular flexibility index (Phi) is 5.26. The Balaban J connectivity index is 2.01. The Bertz CT molecular complexity index is 416. The van der Waals surface area contributed by atoms with Crippen molar-refractivity contribution in [2.24, 2.45) is 11.3 Å². The molecular formula is C19H31N. The molecule has 1 aliphatic carbocycles. The highest BCUT2D eigenvalue weighted by Gasteiger charge is 2.33. The van der Waals surface area contributed by atoms with Crippen LogP contribution in [0.25, 0.3) is 0 Å². The molecule has 0 aliphatic heterocycles. The van der Waals surface area contributed by atoms with E-state index in [-0.39, 0.29) is 0 Å². The number of hydrogen-bond acceptors (Lipinski definition) is 1. The summed E-state index contributed by atoms with van der Waals surface area (Å²) in [5, 5.41) is 3.87. The molecule has 0 saturated heterocycles. The van der Waals surface area contributed by atoms with Crippen molar-refractivity contribution in [1.29, 1.82) is 0 Å². The van der Waals surface area contributed by atoms with Crippen LogP contribution in [0.15, 0.2) is 24.3 Å². The molecule has 1 aromatic carbocycles. The molecule has 20 heavy (non-hydrogen) atoms. The summed E-state index contributed by atoms with van der Waals surface area (Å²) < 4.78 is 0. The first-order chi connectivity index (χ1) is 9.52. The molecule has 2 rings (SSSR count). The lowest BCUT2D eigenvalue weighted by Gasteiger charge is -2.41. The van der Waals surface area contributed by atoms with E-state index in [0.29, 0.717) is 11.5 Å². The summed E-state index contributed by atoms with van der Waals surface area (Å²) in [6.07, 6.45) is 6.66. The van der Waals surface area contributed by atoms with Crippen LogP contribution in [0.3, 0.4) is 0 Å². The molecule has 1 aliphatic rings. The minimum atomic E-state index is 0.419. The average Bonchev–Trinajstić information content (AvgIpc) is 2.44. The lowest BCUT2D eigenvalue weighted by molar-refractivity contribution is 0.130. The van der Waals surface area contributed by atoms with E-state index in [1.54, 1.807) is 0 Å². The van der Waals surface area contributed by atoms with Crippen molar-refractivity contribution < 1.29 is 0 Å². The molecule has 1 aromatic rings. The van der Waals surface area contributed by atoms with Gasteiger partial charge in [-0.15, -0.1) is 0 Å². The van der Waals surface area contributed by atoms with Gasteiger partial charge < -0.3 is 5.32 Å².